The molecule has 0 bridgehead atoms. The maximum Gasteiger partial charge on any atom is 0.0708 e. The molecule has 0 aliphatic heterocycles. The lowest BCUT2D eigenvalue weighted by Gasteiger charge is -2.16. The van der Waals surface area contributed by atoms with E-state index < -0.39 is 0 Å². The predicted molar refractivity (Wildman–Crippen MR) is 142 cm³/mol. The number of rotatable bonds is 3. The van der Waals surface area contributed by atoms with Crippen LogP contribution in [0, 0.1) is 0 Å². The largest absolute Gasteiger partial charge is 0.256 e. The van der Waals surface area contributed by atoms with Crippen LogP contribution in [-0.2, 0) is 0 Å². The van der Waals surface area contributed by atoms with Crippen LogP contribution in [0.2, 0.25) is 0 Å². The van der Waals surface area contributed by atoms with E-state index in [0.29, 0.717) is 0 Å². The minimum absolute atomic E-state index is 0.988. The van der Waals surface area contributed by atoms with Crippen LogP contribution in [-0.4, -0.2) is 9.97 Å². The van der Waals surface area contributed by atoms with Gasteiger partial charge in [0.2, 0.25) is 0 Å². The van der Waals surface area contributed by atoms with Crippen LogP contribution in [0.4, 0.5) is 0 Å². The molecule has 158 valence electrons. The van der Waals surface area contributed by atoms with Crippen molar-refractivity contribution in [2.24, 2.45) is 0 Å². The van der Waals surface area contributed by atoms with Gasteiger partial charge in [0.1, 0.15) is 0 Å². The minimum Gasteiger partial charge on any atom is -0.256 e. The van der Waals surface area contributed by atoms with E-state index in [9.17, 15) is 0 Å². The Morgan fingerprint density at radius 3 is 1.68 bits per heavy atom. The number of pyridine rings is 2. The van der Waals surface area contributed by atoms with Gasteiger partial charge in [0, 0.05) is 23.5 Å². The summed E-state index contributed by atoms with van der Waals surface area (Å²) < 4.78 is 0. The van der Waals surface area contributed by atoms with Crippen molar-refractivity contribution in [3.63, 3.8) is 0 Å². The Labute approximate surface area is 197 Å². The third-order valence-electron chi connectivity index (χ3n) is 6.74. The molecule has 34 heavy (non-hydrogen) atoms. The van der Waals surface area contributed by atoms with Crippen molar-refractivity contribution in [3.8, 4) is 33.6 Å². The first-order valence-electron chi connectivity index (χ1n) is 11.5. The molecule has 2 heteroatoms. The van der Waals surface area contributed by atoms with Crippen LogP contribution in [0.5, 0.6) is 0 Å². The van der Waals surface area contributed by atoms with Gasteiger partial charge in [0.15, 0.2) is 0 Å². The maximum atomic E-state index is 4.63. The summed E-state index contributed by atoms with van der Waals surface area (Å²) in [6, 6.07) is 38.7. The highest BCUT2D eigenvalue weighted by Crippen LogP contribution is 2.42. The van der Waals surface area contributed by atoms with Crippen molar-refractivity contribution in [1.82, 2.24) is 9.97 Å². The lowest BCUT2D eigenvalue weighted by molar-refractivity contribution is 1.33. The zero-order valence-electron chi connectivity index (χ0n) is 18.4. The van der Waals surface area contributed by atoms with E-state index in [4.69, 9.17) is 0 Å². The summed E-state index contributed by atoms with van der Waals surface area (Å²) in [5.74, 6) is 0. The van der Waals surface area contributed by atoms with Crippen LogP contribution >= 0.6 is 0 Å². The van der Waals surface area contributed by atoms with Crippen molar-refractivity contribution in [1.29, 1.82) is 0 Å². The van der Waals surface area contributed by atoms with E-state index >= 15 is 0 Å². The zero-order valence-corrected chi connectivity index (χ0v) is 18.4. The van der Waals surface area contributed by atoms with Crippen LogP contribution in [0.25, 0.3) is 66.0 Å². The Balaban J connectivity index is 1.51. The summed E-state index contributed by atoms with van der Waals surface area (Å²) in [5.41, 5.74) is 6.73. The number of aromatic nitrogens is 2. The van der Waals surface area contributed by atoms with Gasteiger partial charge in [0.05, 0.1) is 11.4 Å². The third kappa shape index (κ3) is 2.89. The van der Waals surface area contributed by atoms with Gasteiger partial charge in [-0.15, -0.1) is 0 Å². The standard InChI is InChI=1S/C32H20N2/c1-3-18-33-29(8-1)24-7-5-6-23(20-24)25-14-12-21-10-11-22-13-15-26(30-9-2-4-19-34-30)28-17-16-27(25)31(21)32(22)28/h1-20H. The van der Waals surface area contributed by atoms with Crippen molar-refractivity contribution >= 4 is 32.3 Å². The van der Waals surface area contributed by atoms with E-state index in [-0.39, 0.29) is 0 Å². The van der Waals surface area contributed by atoms with Gasteiger partial charge in [-0.2, -0.15) is 0 Å². The Hall–Kier alpha value is -4.56. The molecule has 0 unspecified atom stereocenters. The van der Waals surface area contributed by atoms with E-state index in [1.54, 1.807) is 0 Å². The van der Waals surface area contributed by atoms with E-state index in [0.717, 1.165) is 17.0 Å². The molecule has 0 aliphatic carbocycles. The molecule has 2 nitrogen and oxygen atoms in total. The molecule has 0 saturated heterocycles. The molecule has 0 amide bonds. The molecule has 0 atom stereocenters. The minimum atomic E-state index is 0.988. The molecule has 0 N–H and O–H groups in total. The normalized spacial score (nSPS) is 11.5. The Kier molecular flexibility index (Phi) is 4.18. The van der Waals surface area contributed by atoms with E-state index in [1.807, 2.05) is 36.7 Å². The molecule has 0 fully saturated rings. The average molecular weight is 433 g/mol. The Morgan fingerprint density at radius 1 is 0.412 bits per heavy atom. The maximum absolute atomic E-state index is 4.63. The van der Waals surface area contributed by atoms with Crippen molar-refractivity contribution in [3.05, 3.63) is 122 Å². The Bertz CT molecular complexity index is 1790. The quantitative estimate of drug-likeness (QED) is 0.262. The van der Waals surface area contributed by atoms with E-state index in [1.165, 1.54) is 49.0 Å². The van der Waals surface area contributed by atoms with Gasteiger partial charge in [0.25, 0.3) is 0 Å². The van der Waals surface area contributed by atoms with Crippen LogP contribution in [0.15, 0.2) is 122 Å². The fourth-order valence-electron chi connectivity index (χ4n) is 5.18. The monoisotopic (exact) mass is 432 g/mol. The number of benzene rings is 5. The number of hydrogen-bond donors (Lipinski definition) is 0. The third-order valence-corrected chi connectivity index (χ3v) is 6.74. The van der Waals surface area contributed by atoms with Crippen LogP contribution in [0.3, 0.4) is 0 Å². The highest BCUT2D eigenvalue weighted by Gasteiger charge is 2.15. The second-order valence-corrected chi connectivity index (χ2v) is 8.66. The summed E-state index contributed by atoms with van der Waals surface area (Å²) in [6.07, 6.45) is 3.71. The second kappa shape index (κ2) is 7.50. The summed E-state index contributed by atoms with van der Waals surface area (Å²) in [6.45, 7) is 0. The molecule has 0 aliphatic rings. The lowest BCUT2D eigenvalue weighted by Crippen LogP contribution is -1.90. The number of nitrogens with zero attached hydrogens (tertiary/aromatic N) is 2. The molecule has 7 rings (SSSR count). The molecule has 0 spiro atoms. The first-order chi connectivity index (χ1) is 16.9. The average Bonchev–Trinajstić information content (AvgIpc) is 2.92. The summed E-state index contributed by atoms with van der Waals surface area (Å²) in [4.78, 5) is 9.17. The fourth-order valence-corrected chi connectivity index (χ4v) is 5.18. The first-order valence-corrected chi connectivity index (χ1v) is 11.5. The molecular formula is C32H20N2. The lowest BCUT2D eigenvalue weighted by atomic mass is 9.87. The zero-order chi connectivity index (χ0) is 22.5. The molecular weight excluding hydrogens is 412 g/mol. The predicted octanol–water partition coefficient (Wildman–Crippen LogP) is 8.38. The van der Waals surface area contributed by atoms with Gasteiger partial charge < -0.3 is 0 Å². The summed E-state index contributed by atoms with van der Waals surface area (Å²) in [7, 11) is 0. The van der Waals surface area contributed by atoms with E-state index in [2.05, 4.69) is 94.9 Å². The van der Waals surface area contributed by atoms with Gasteiger partial charge in [-0.05, 0) is 73.8 Å². The SMILES string of the molecule is c1ccc(-c2cccc(-c3ccc4ccc5ccc(-c6ccccn6)c6ccc3c4c56)c2)nc1. The molecule has 5 aromatic carbocycles. The summed E-state index contributed by atoms with van der Waals surface area (Å²) >= 11 is 0. The topological polar surface area (TPSA) is 25.8 Å². The highest BCUT2D eigenvalue weighted by atomic mass is 14.7. The van der Waals surface area contributed by atoms with Crippen LogP contribution in [0.1, 0.15) is 0 Å². The highest BCUT2D eigenvalue weighted by molar-refractivity contribution is 6.27. The van der Waals surface area contributed by atoms with Gasteiger partial charge in [-0.1, -0.05) is 78.9 Å². The second-order valence-electron chi connectivity index (χ2n) is 8.66. The summed E-state index contributed by atoms with van der Waals surface area (Å²) in [5, 5.41) is 7.65. The molecule has 0 radical (unpaired) electrons. The van der Waals surface area contributed by atoms with Crippen molar-refractivity contribution in [2.75, 3.05) is 0 Å². The molecule has 7 aromatic rings. The van der Waals surface area contributed by atoms with Gasteiger partial charge in [-0.3, -0.25) is 9.97 Å². The van der Waals surface area contributed by atoms with Crippen molar-refractivity contribution < 1.29 is 0 Å². The van der Waals surface area contributed by atoms with Gasteiger partial charge in [-0.25, -0.2) is 0 Å². The first kappa shape index (κ1) is 19.0. The smallest absolute Gasteiger partial charge is 0.0708 e. The number of hydrogen-bond acceptors (Lipinski definition) is 2. The molecule has 2 heterocycles. The Morgan fingerprint density at radius 2 is 1.00 bits per heavy atom. The van der Waals surface area contributed by atoms with Crippen molar-refractivity contribution in [2.45, 2.75) is 0 Å². The van der Waals surface area contributed by atoms with Crippen LogP contribution < -0.4 is 0 Å². The molecule has 2 aromatic heterocycles. The fraction of sp³-hybridized carbons (Fsp3) is 0. The molecule has 0 saturated carbocycles. The van der Waals surface area contributed by atoms with Gasteiger partial charge >= 0.3 is 0 Å².